The number of amides is 1. The molecule has 0 fully saturated rings. The number of hydrogen-bond acceptors (Lipinski definition) is 5. The molecule has 1 amide bonds. The van der Waals surface area contributed by atoms with E-state index in [4.69, 9.17) is 9.47 Å². The maximum Gasteiger partial charge on any atom is 0.420 e. The van der Waals surface area contributed by atoms with E-state index in [1.807, 2.05) is 0 Å². The Bertz CT molecular complexity index is 1080. The number of ether oxygens (including phenoxy) is 2. The van der Waals surface area contributed by atoms with Crippen molar-refractivity contribution in [1.82, 2.24) is 4.90 Å². The van der Waals surface area contributed by atoms with Crippen LogP contribution in [0.1, 0.15) is 38.3 Å². The normalized spacial score (nSPS) is 14.5. The summed E-state index contributed by atoms with van der Waals surface area (Å²) in [5, 5.41) is 11.6. The van der Waals surface area contributed by atoms with Crippen molar-refractivity contribution in [2.45, 2.75) is 39.0 Å². The summed E-state index contributed by atoms with van der Waals surface area (Å²) < 4.78 is 53.3. The number of rotatable bonds is 4. The molecular formula is C23H23F3N2O5. The third-order valence-electron chi connectivity index (χ3n) is 4.78. The van der Waals surface area contributed by atoms with E-state index >= 15 is 0 Å². The molecule has 0 radical (unpaired) electrons. The molecule has 0 atom stereocenters. The summed E-state index contributed by atoms with van der Waals surface area (Å²) in [6.45, 7) is 5.12. The van der Waals surface area contributed by atoms with E-state index in [-0.39, 0.29) is 30.8 Å². The molecule has 7 nitrogen and oxygen atoms in total. The van der Waals surface area contributed by atoms with Crippen LogP contribution in [0.2, 0.25) is 0 Å². The van der Waals surface area contributed by atoms with Crippen LogP contribution in [-0.2, 0) is 10.9 Å². The smallest absolute Gasteiger partial charge is 0.420 e. The molecule has 1 aliphatic rings. The number of nitro groups is 1. The summed E-state index contributed by atoms with van der Waals surface area (Å²) >= 11 is 0. The first-order valence-electron chi connectivity index (χ1n) is 10.2. The average Bonchev–Trinajstić information content (AvgIpc) is 2.72. The molecule has 1 aliphatic heterocycles. The van der Waals surface area contributed by atoms with Crippen molar-refractivity contribution in [1.29, 1.82) is 0 Å². The Morgan fingerprint density at radius 1 is 1.09 bits per heavy atom. The van der Waals surface area contributed by atoms with Crippen molar-refractivity contribution >= 4 is 17.4 Å². The molecule has 0 aliphatic carbocycles. The number of benzene rings is 2. The average molecular weight is 464 g/mol. The lowest BCUT2D eigenvalue weighted by molar-refractivity contribution is -0.385. The van der Waals surface area contributed by atoms with Crippen LogP contribution < -0.4 is 4.74 Å². The van der Waals surface area contributed by atoms with Gasteiger partial charge in [-0.3, -0.25) is 10.1 Å². The zero-order valence-corrected chi connectivity index (χ0v) is 18.3. The Kier molecular flexibility index (Phi) is 6.66. The molecule has 2 aromatic carbocycles. The molecule has 33 heavy (non-hydrogen) atoms. The van der Waals surface area contributed by atoms with Gasteiger partial charge in [0.25, 0.3) is 5.69 Å². The standard InChI is InChI=1S/C23H23F3N2O5/c1-22(2,3)33-21(29)27-13-11-15(12-14-27)19-17(28(30)31)9-10-18(20(19)23(24,25)26)32-16-7-5-4-6-8-16/h4-11H,12-14H2,1-3H3. The van der Waals surface area contributed by atoms with Crippen LogP contribution in [0.5, 0.6) is 11.5 Å². The van der Waals surface area contributed by atoms with Gasteiger partial charge in [0.2, 0.25) is 0 Å². The van der Waals surface area contributed by atoms with Crippen LogP contribution in [0.4, 0.5) is 23.7 Å². The first-order chi connectivity index (χ1) is 15.4. The molecule has 176 valence electrons. The summed E-state index contributed by atoms with van der Waals surface area (Å²) in [5.41, 5.74) is -3.07. The van der Waals surface area contributed by atoms with Crippen molar-refractivity contribution in [3.63, 3.8) is 0 Å². The predicted octanol–water partition coefficient (Wildman–Crippen LogP) is 6.43. The van der Waals surface area contributed by atoms with Gasteiger partial charge in [-0.1, -0.05) is 24.3 Å². The number of halogens is 3. The van der Waals surface area contributed by atoms with Gasteiger partial charge in [-0.2, -0.15) is 13.2 Å². The van der Waals surface area contributed by atoms with Crippen molar-refractivity contribution in [2.24, 2.45) is 0 Å². The summed E-state index contributed by atoms with van der Waals surface area (Å²) in [4.78, 5) is 24.4. The number of nitrogens with zero attached hydrogens (tertiary/aromatic N) is 2. The molecule has 0 unspecified atom stereocenters. The van der Waals surface area contributed by atoms with Gasteiger partial charge < -0.3 is 14.4 Å². The van der Waals surface area contributed by atoms with Gasteiger partial charge in [-0.05, 0) is 51.0 Å². The van der Waals surface area contributed by atoms with Gasteiger partial charge in [0.1, 0.15) is 22.7 Å². The molecule has 1 heterocycles. The Labute approximate surface area is 188 Å². The fourth-order valence-corrected chi connectivity index (χ4v) is 3.42. The molecule has 0 bridgehead atoms. The molecule has 10 heteroatoms. The number of nitro benzene ring substituents is 1. The zero-order chi connectivity index (χ0) is 24.4. The first kappa shape index (κ1) is 24.1. The Hall–Kier alpha value is -3.56. The van der Waals surface area contributed by atoms with E-state index < -0.39 is 45.4 Å². The van der Waals surface area contributed by atoms with Gasteiger partial charge in [0, 0.05) is 19.2 Å². The van der Waals surface area contributed by atoms with E-state index in [0.717, 1.165) is 12.1 Å². The second kappa shape index (κ2) is 9.13. The summed E-state index contributed by atoms with van der Waals surface area (Å²) in [7, 11) is 0. The number of alkyl halides is 3. The van der Waals surface area contributed by atoms with Crippen LogP contribution >= 0.6 is 0 Å². The Morgan fingerprint density at radius 3 is 2.27 bits per heavy atom. The molecule has 0 aromatic heterocycles. The minimum atomic E-state index is -4.92. The van der Waals surface area contributed by atoms with Gasteiger partial charge in [0.05, 0.1) is 10.5 Å². The maximum atomic E-state index is 14.2. The number of para-hydroxylation sites is 1. The fourth-order valence-electron chi connectivity index (χ4n) is 3.42. The SMILES string of the molecule is CC(C)(C)OC(=O)N1CC=C(c2c([N+](=O)[O-])ccc(Oc3ccccc3)c2C(F)(F)F)CC1. The van der Waals surface area contributed by atoms with E-state index in [0.29, 0.717) is 0 Å². The highest BCUT2D eigenvalue weighted by molar-refractivity contribution is 5.80. The number of carbonyl (C=O) groups is 1. The van der Waals surface area contributed by atoms with Crippen molar-refractivity contribution in [2.75, 3.05) is 13.1 Å². The highest BCUT2D eigenvalue weighted by Crippen LogP contribution is 2.47. The lowest BCUT2D eigenvalue weighted by atomic mass is 9.92. The molecular weight excluding hydrogens is 441 g/mol. The van der Waals surface area contributed by atoms with Gasteiger partial charge >= 0.3 is 12.3 Å². The monoisotopic (exact) mass is 464 g/mol. The van der Waals surface area contributed by atoms with Gasteiger partial charge in [-0.15, -0.1) is 0 Å². The molecule has 2 aromatic rings. The third-order valence-corrected chi connectivity index (χ3v) is 4.78. The lowest BCUT2D eigenvalue weighted by Gasteiger charge is -2.30. The third kappa shape index (κ3) is 5.82. The molecule has 0 saturated heterocycles. The minimum Gasteiger partial charge on any atom is -0.457 e. The lowest BCUT2D eigenvalue weighted by Crippen LogP contribution is -2.39. The van der Waals surface area contributed by atoms with E-state index in [2.05, 4.69) is 0 Å². The highest BCUT2D eigenvalue weighted by atomic mass is 19.4. The van der Waals surface area contributed by atoms with Crippen molar-refractivity contribution < 1.29 is 32.4 Å². The van der Waals surface area contributed by atoms with Crippen LogP contribution in [-0.4, -0.2) is 34.6 Å². The van der Waals surface area contributed by atoms with Crippen LogP contribution in [0.3, 0.4) is 0 Å². The molecule has 0 saturated carbocycles. The van der Waals surface area contributed by atoms with Crippen LogP contribution in [0.25, 0.3) is 5.57 Å². The highest BCUT2D eigenvalue weighted by Gasteiger charge is 2.42. The van der Waals surface area contributed by atoms with Gasteiger partial charge in [-0.25, -0.2) is 4.79 Å². The molecule has 0 N–H and O–H groups in total. The second-order valence-corrected chi connectivity index (χ2v) is 8.41. The second-order valence-electron chi connectivity index (χ2n) is 8.41. The Morgan fingerprint density at radius 2 is 1.76 bits per heavy atom. The number of hydrogen-bond donors (Lipinski definition) is 0. The van der Waals surface area contributed by atoms with E-state index in [1.165, 1.54) is 23.1 Å². The summed E-state index contributed by atoms with van der Waals surface area (Å²) in [5.74, 6) is -0.374. The quantitative estimate of drug-likeness (QED) is 0.385. The maximum absolute atomic E-state index is 14.2. The molecule has 3 rings (SSSR count). The minimum absolute atomic E-state index is 0.0159. The van der Waals surface area contributed by atoms with Gasteiger partial charge in [0.15, 0.2) is 0 Å². The first-order valence-corrected chi connectivity index (χ1v) is 10.2. The largest absolute Gasteiger partial charge is 0.457 e. The van der Waals surface area contributed by atoms with Crippen molar-refractivity contribution in [3.05, 3.63) is 69.8 Å². The fraction of sp³-hybridized carbons (Fsp3) is 0.348. The zero-order valence-electron chi connectivity index (χ0n) is 18.3. The van der Waals surface area contributed by atoms with E-state index in [1.54, 1.807) is 39.0 Å². The van der Waals surface area contributed by atoms with E-state index in [9.17, 15) is 28.1 Å². The predicted molar refractivity (Wildman–Crippen MR) is 115 cm³/mol. The summed E-state index contributed by atoms with van der Waals surface area (Å²) in [6.07, 6.45) is -4.16. The van der Waals surface area contributed by atoms with Crippen molar-refractivity contribution in [3.8, 4) is 11.5 Å². The van der Waals surface area contributed by atoms with Crippen LogP contribution in [0.15, 0.2) is 48.5 Å². The molecule has 0 spiro atoms. The Balaban J connectivity index is 2.05. The topological polar surface area (TPSA) is 81.9 Å². The summed E-state index contributed by atoms with van der Waals surface area (Å²) in [6, 6.07) is 9.81. The number of carbonyl (C=O) groups excluding carboxylic acids is 1. The van der Waals surface area contributed by atoms with Crippen LogP contribution in [0, 0.1) is 10.1 Å².